The molecular formula is C12H12O3. The standard InChI is InChI=1S/C12H12O3/c13-11(9-4-2-1-3-5-9)10(12(14)15)8-6-7-8/h1-5,8,10H,6-7H2,(H,14,15). The van der Waals surface area contributed by atoms with Gasteiger partial charge >= 0.3 is 5.97 Å². The van der Waals surface area contributed by atoms with E-state index in [2.05, 4.69) is 0 Å². The molecule has 1 N–H and O–H groups in total. The van der Waals surface area contributed by atoms with Gasteiger partial charge in [-0.15, -0.1) is 0 Å². The Morgan fingerprint density at radius 3 is 2.27 bits per heavy atom. The van der Waals surface area contributed by atoms with Gasteiger partial charge in [-0.2, -0.15) is 0 Å². The van der Waals surface area contributed by atoms with E-state index in [0.717, 1.165) is 12.8 Å². The fraction of sp³-hybridized carbons (Fsp3) is 0.333. The summed E-state index contributed by atoms with van der Waals surface area (Å²) in [6.07, 6.45) is 1.71. The summed E-state index contributed by atoms with van der Waals surface area (Å²) in [5.41, 5.74) is 0.497. The van der Waals surface area contributed by atoms with Crippen molar-refractivity contribution >= 4 is 11.8 Å². The van der Waals surface area contributed by atoms with Crippen LogP contribution in [0.5, 0.6) is 0 Å². The van der Waals surface area contributed by atoms with Crippen molar-refractivity contribution in [1.82, 2.24) is 0 Å². The molecule has 0 spiro atoms. The van der Waals surface area contributed by atoms with Crippen LogP contribution in [0.4, 0.5) is 0 Å². The Balaban J connectivity index is 2.22. The van der Waals surface area contributed by atoms with Crippen LogP contribution in [-0.2, 0) is 4.79 Å². The third-order valence-corrected chi connectivity index (χ3v) is 2.70. The summed E-state index contributed by atoms with van der Waals surface area (Å²) >= 11 is 0. The highest BCUT2D eigenvalue weighted by molar-refractivity contribution is 6.08. The van der Waals surface area contributed by atoms with E-state index in [1.807, 2.05) is 6.07 Å². The summed E-state index contributed by atoms with van der Waals surface area (Å²) in [4.78, 5) is 22.9. The van der Waals surface area contributed by atoms with Crippen molar-refractivity contribution in [3.8, 4) is 0 Å². The molecule has 1 fully saturated rings. The van der Waals surface area contributed by atoms with Gasteiger partial charge in [0, 0.05) is 5.56 Å². The Bertz CT molecular complexity index is 379. The summed E-state index contributed by atoms with van der Waals surface area (Å²) in [5.74, 6) is -2.04. The van der Waals surface area contributed by atoms with Crippen LogP contribution in [0, 0.1) is 11.8 Å². The minimum atomic E-state index is -0.994. The number of carbonyl (C=O) groups is 2. The molecule has 0 bridgehead atoms. The van der Waals surface area contributed by atoms with E-state index in [0.29, 0.717) is 5.56 Å². The number of carbonyl (C=O) groups excluding carboxylic acids is 1. The highest BCUT2D eigenvalue weighted by Crippen LogP contribution is 2.38. The van der Waals surface area contributed by atoms with Crippen LogP contribution in [-0.4, -0.2) is 16.9 Å². The molecule has 2 rings (SSSR count). The van der Waals surface area contributed by atoms with E-state index < -0.39 is 11.9 Å². The lowest BCUT2D eigenvalue weighted by Gasteiger charge is -2.09. The molecule has 1 aliphatic rings. The normalized spacial score (nSPS) is 17.1. The van der Waals surface area contributed by atoms with Crippen LogP contribution in [0.2, 0.25) is 0 Å². The Labute approximate surface area is 87.7 Å². The van der Waals surface area contributed by atoms with Gasteiger partial charge in [-0.25, -0.2) is 0 Å². The molecule has 78 valence electrons. The molecule has 1 aliphatic carbocycles. The van der Waals surface area contributed by atoms with Gasteiger partial charge < -0.3 is 5.11 Å². The van der Waals surface area contributed by atoms with Crippen LogP contribution in [0.15, 0.2) is 30.3 Å². The second-order valence-electron chi connectivity index (χ2n) is 3.88. The van der Waals surface area contributed by atoms with Gasteiger partial charge in [0.25, 0.3) is 0 Å². The SMILES string of the molecule is O=C(O)C(C(=O)c1ccccc1)C1CC1. The lowest BCUT2D eigenvalue weighted by atomic mass is 9.93. The molecule has 1 aromatic rings. The predicted octanol–water partition coefficient (Wildman–Crippen LogP) is 1.98. The zero-order valence-corrected chi connectivity index (χ0v) is 8.22. The van der Waals surface area contributed by atoms with Crippen molar-refractivity contribution < 1.29 is 14.7 Å². The summed E-state index contributed by atoms with van der Waals surface area (Å²) in [7, 11) is 0. The fourth-order valence-corrected chi connectivity index (χ4v) is 1.74. The van der Waals surface area contributed by atoms with Crippen LogP contribution in [0.3, 0.4) is 0 Å². The summed E-state index contributed by atoms with van der Waals surface area (Å²) < 4.78 is 0. The minimum absolute atomic E-state index is 0.0511. The third-order valence-electron chi connectivity index (χ3n) is 2.70. The van der Waals surface area contributed by atoms with Crippen molar-refractivity contribution in [3.05, 3.63) is 35.9 Å². The van der Waals surface area contributed by atoms with Crippen LogP contribution in [0.1, 0.15) is 23.2 Å². The maximum absolute atomic E-state index is 11.9. The molecule has 3 nitrogen and oxygen atoms in total. The first-order valence-corrected chi connectivity index (χ1v) is 5.02. The number of hydrogen-bond donors (Lipinski definition) is 1. The van der Waals surface area contributed by atoms with E-state index >= 15 is 0 Å². The molecule has 0 aliphatic heterocycles. The highest BCUT2D eigenvalue weighted by atomic mass is 16.4. The number of aliphatic carboxylic acids is 1. The molecule has 0 amide bonds. The van der Waals surface area contributed by atoms with Gasteiger partial charge in [0.15, 0.2) is 5.78 Å². The number of carboxylic acids is 1. The summed E-state index contributed by atoms with van der Waals surface area (Å²) in [5, 5.41) is 8.99. The van der Waals surface area contributed by atoms with E-state index in [9.17, 15) is 9.59 Å². The zero-order valence-electron chi connectivity index (χ0n) is 8.22. The maximum Gasteiger partial charge on any atom is 0.314 e. The molecular weight excluding hydrogens is 192 g/mol. The summed E-state index contributed by atoms with van der Waals surface area (Å²) in [6.45, 7) is 0. The van der Waals surface area contributed by atoms with E-state index in [1.54, 1.807) is 24.3 Å². The van der Waals surface area contributed by atoms with Crippen molar-refractivity contribution in [2.45, 2.75) is 12.8 Å². The average Bonchev–Trinajstić information content (AvgIpc) is 3.03. The number of hydrogen-bond acceptors (Lipinski definition) is 2. The second-order valence-corrected chi connectivity index (χ2v) is 3.88. The van der Waals surface area contributed by atoms with Gasteiger partial charge in [-0.1, -0.05) is 30.3 Å². The lowest BCUT2D eigenvalue weighted by molar-refractivity contribution is -0.140. The van der Waals surface area contributed by atoms with Crippen molar-refractivity contribution in [2.75, 3.05) is 0 Å². The Morgan fingerprint density at radius 2 is 1.80 bits per heavy atom. The van der Waals surface area contributed by atoms with Crippen molar-refractivity contribution in [3.63, 3.8) is 0 Å². The van der Waals surface area contributed by atoms with E-state index in [4.69, 9.17) is 5.11 Å². The van der Waals surface area contributed by atoms with Crippen LogP contribution < -0.4 is 0 Å². The molecule has 1 atom stereocenters. The minimum Gasteiger partial charge on any atom is -0.481 e. The topological polar surface area (TPSA) is 54.4 Å². The van der Waals surface area contributed by atoms with Crippen LogP contribution >= 0.6 is 0 Å². The number of benzene rings is 1. The average molecular weight is 204 g/mol. The number of Topliss-reactive ketones (excluding diaryl/α,β-unsaturated/α-hetero) is 1. The number of ketones is 1. The van der Waals surface area contributed by atoms with Gasteiger partial charge in [-0.05, 0) is 18.8 Å². The molecule has 3 heteroatoms. The molecule has 0 aromatic heterocycles. The first kappa shape index (κ1) is 9.90. The molecule has 0 saturated heterocycles. The first-order valence-electron chi connectivity index (χ1n) is 5.02. The lowest BCUT2D eigenvalue weighted by Crippen LogP contribution is -2.25. The smallest absolute Gasteiger partial charge is 0.314 e. The molecule has 0 heterocycles. The predicted molar refractivity (Wildman–Crippen MR) is 54.6 cm³/mol. The largest absolute Gasteiger partial charge is 0.481 e. The molecule has 1 unspecified atom stereocenters. The first-order chi connectivity index (χ1) is 7.20. The molecule has 1 aromatic carbocycles. The van der Waals surface area contributed by atoms with Gasteiger partial charge in [-0.3, -0.25) is 9.59 Å². The number of rotatable bonds is 4. The van der Waals surface area contributed by atoms with Gasteiger partial charge in [0.05, 0.1) is 0 Å². The molecule has 1 saturated carbocycles. The van der Waals surface area contributed by atoms with Crippen molar-refractivity contribution in [2.24, 2.45) is 11.8 Å². The molecule has 15 heavy (non-hydrogen) atoms. The van der Waals surface area contributed by atoms with Gasteiger partial charge in [0.2, 0.25) is 0 Å². The van der Waals surface area contributed by atoms with E-state index in [-0.39, 0.29) is 11.7 Å². The number of carboxylic acid groups (broad SMARTS) is 1. The Kier molecular flexibility index (Phi) is 2.54. The van der Waals surface area contributed by atoms with Crippen molar-refractivity contribution in [1.29, 1.82) is 0 Å². The quantitative estimate of drug-likeness (QED) is 0.602. The zero-order chi connectivity index (χ0) is 10.8. The summed E-state index contributed by atoms with van der Waals surface area (Å²) in [6, 6.07) is 8.64. The maximum atomic E-state index is 11.9. The fourth-order valence-electron chi connectivity index (χ4n) is 1.74. The van der Waals surface area contributed by atoms with Crippen LogP contribution in [0.25, 0.3) is 0 Å². The monoisotopic (exact) mass is 204 g/mol. The Morgan fingerprint density at radius 1 is 1.20 bits per heavy atom. The Hall–Kier alpha value is -1.64. The van der Waals surface area contributed by atoms with Gasteiger partial charge in [0.1, 0.15) is 5.92 Å². The highest BCUT2D eigenvalue weighted by Gasteiger charge is 2.41. The third kappa shape index (κ3) is 2.06. The molecule has 0 radical (unpaired) electrons. The van der Waals surface area contributed by atoms with E-state index in [1.165, 1.54) is 0 Å². The second kappa shape index (κ2) is 3.85.